The Bertz CT molecular complexity index is 861. The molecule has 2 aliphatic heterocycles. The summed E-state index contributed by atoms with van der Waals surface area (Å²) in [6.45, 7) is 6.10. The summed E-state index contributed by atoms with van der Waals surface area (Å²) in [5.74, 6) is -0.862. The highest BCUT2D eigenvalue weighted by Crippen LogP contribution is 2.43. The fraction of sp³-hybridized carbons (Fsp3) is 0.500. The molecular formula is C18H21N3O4. The van der Waals surface area contributed by atoms with Gasteiger partial charge in [-0.1, -0.05) is 11.2 Å². The molecule has 1 amide bonds. The molecule has 7 heteroatoms. The number of rotatable bonds is 3. The Hall–Kier alpha value is -2.41. The number of carbonyl (C=O) groups is 2. The van der Waals surface area contributed by atoms with E-state index in [2.05, 4.69) is 16.1 Å². The maximum Gasteiger partial charge on any atom is 0.313 e. The van der Waals surface area contributed by atoms with Crippen molar-refractivity contribution in [2.24, 2.45) is 11.3 Å². The fourth-order valence-electron chi connectivity index (χ4n) is 4.29. The Morgan fingerprint density at radius 3 is 2.84 bits per heavy atom. The number of aromatic nitrogens is 1. The number of aryl methyl sites for hydroxylation is 1. The molecule has 0 aliphatic carbocycles. The zero-order chi connectivity index (χ0) is 17.8. The van der Waals surface area contributed by atoms with Gasteiger partial charge in [-0.2, -0.15) is 0 Å². The molecule has 2 saturated heterocycles. The van der Waals surface area contributed by atoms with Gasteiger partial charge >= 0.3 is 5.97 Å². The van der Waals surface area contributed by atoms with Gasteiger partial charge in [-0.05, 0) is 24.6 Å². The van der Waals surface area contributed by atoms with E-state index < -0.39 is 11.4 Å². The molecule has 0 radical (unpaired) electrons. The lowest BCUT2D eigenvalue weighted by molar-refractivity contribution is -0.149. The van der Waals surface area contributed by atoms with E-state index in [1.54, 1.807) is 4.90 Å². The van der Waals surface area contributed by atoms with Gasteiger partial charge in [0.2, 0.25) is 5.91 Å². The van der Waals surface area contributed by atoms with Crippen molar-refractivity contribution in [3.05, 3.63) is 29.5 Å². The molecule has 0 unspecified atom stereocenters. The lowest BCUT2D eigenvalue weighted by Crippen LogP contribution is -2.41. The topological polar surface area (TPSA) is 86.9 Å². The molecule has 4 rings (SSSR count). The summed E-state index contributed by atoms with van der Waals surface area (Å²) >= 11 is 0. The summed E-state index contributed by atoms with van der Waals surface area (Å²) in [6, 6.07) is 5.97. The van der Waals surface area contributed by atoms with Crippen molar-refractivity contribution in [1.82, 2.24) is 15.0 Å². The monoisotopic (exact) mass is 343 g/mol. The molecule has 1 N–H and O–H groups in total. The third-order valence-corrected chi connectivity index (χ3v) is 5.67. The fourth-order valence-corrected chi connectivity index (χ4v) is 4.29. The minimum absolute atomic E-state index is 0.0186. The molecule has 2 aromatic rings. The average Bonchev–Trinajstić information content (AvgIpc) is 3.19. The first kappa shape index (κ1) is 16.1. The van der Waals surface area contributed by atoms with Crippen molar-refractivity contribution >= 4 is 22.8 Å². The van der Waals surface area contributed by atoms with Crippen molar-refractivity contribution in [2.75, 3.05) is 26.2 Å². The van der Waals surface area contributed by atoms with Gasteiger partial charge in [0.15, 0.2) is 5.58 Å². The number of carboxylic acids is 1. The number of hydrogen-bond donors (Lipinski definition) is 1. The van der Waals surface area contributed by atoms with E-state index in [0.717, 1.165) is 22.2 Å². The average molecular weight is 343 g/mol. The SMILES string of the molecule is CC(=O)N1C[C@H]2CN(Cc3ccc4onc(C)c4c3)C[C@@]2(C(=O)O)C1. The van der Waals surface area contributed by atoms with Crippen LogP contribution in [0.5, 0.6) is 0 Å². The molecule has 7 nitrogen and oxygen atoms in total. The summed E-state index contributed by atoms with van der Waals surface area (Å²) in [7, 11) is 0. The van der Waals surface area contributed by atoms with Crippen molar-refractivity contribution in [1.29, 1.82) is 0 Å². The molecule has 1 aromatic carbocycles. The van der Waals surface area contributed by atoms with E-state index in [0.29, 0.717) is 32.7 Å². The highest BCUT2D eigenvalue weighted by Gasteiger charge is 2.58. The van der Waals surface area contributed by atoms with E-state index in [-0.39, 0.29) is 11.8 Å². The van der Waals surface area contributed by atoms with Crippen LogP contribution in [0.1, 0.15) is 18.2 Å². The second-order valence-corrected chi connectivity index (χ2v) is 7.33. The van der Waals surface area contributed by atoms with E-state index in [4.69, 9.17) is 4.52 Å². The molecule has 0 spiro atoms. The number of benzene rings is 1. The van der Waals surface area contributed by atoms with Crippen LogP contribution in [-0.4, -0.2) is 58.1 Å². The first-order valence-electron chi connectivity index (χ1n) is 8.45. The number of carboxylic acid groups (broad SMARTS) is 1. The Morgan fingerprint density at radius 1 is 1.36 bits per heavy atom. The molecule has 0 saturated carbocycles. The predicted molar refractivity (Wildman–Crippen MR) is 89.8 cm³/mol. The summed E-state index contributed by atoms with van der Waals surface area (Å²) < 4.78 is 5.24. The number of aliphatic carboxylic acids is 1. The van der Waals surface area contributed by atoms with Crippen LogP contribution < -0.4 is 0 Å². The highest BCUT2D eigenvalue weighted by atomic mass is 16.5. The summed E-state index contributed by atoms with van der Waals surface area (Å²) in [4.78, 5) is 27.5. The van der Waals surface area contributed by atoms with Crippen LogP contribution >= 0.6 is 0 Å². The molecule has 0 bridgehead atoms. The van der Waals surface area contributed by atoms with Crippen molar-refractivity contribution in [3.8, 4) is 0 Å². The molecule has 2 aliphatic rings. The first-order valence-corrected chi connectivity index (χ1v) is 8.45. The van der Waals surface area contributed by atoms with E-state index in [9.17, 15) is 14.7 Å². The van der Waals surface area contributed by atoms with Gasteiger partial charge in [-0.3, -0.25) is 14.5 Å². The molecule has 2 atom stereocenters. The van der Waals surface area contributed by atoms with Gasteiger partial charge in [-0.15, -0.1) is 0 Å². The molecule has 25 heavy (non-hydrogen) atoms. The molecule has 1 aromatic heterocycles. The molecule has 132 valence electrons. The van der Waals surface area contributed by atoms with Gasteiger partial charge in [0.1, 0.15) is 5.41 Å². The summed E-state index contributed by atoms with van der Waals surface area (Å²) in [6.07, 6.45) is 0. The molecule has 2 fully saturated rings. The van der Waals surface area contributed by atoms with Crippen LogP contribution in [-0.2, 0) is 16.1 Å². The maximum atomic E-state index is 12.0. The Kier molecular flexibility index (Phi) is 3.57. The van der Waals surface area contributed by atoms with Gasteiger partial charge in [-0.25, -0.2) is 0 Å². The Balaban J connectivity index is 1.54. The van der Waals surface area contributed by atoms with E-state index >= 15 is 0 Å². The van der Waals surface area contributed by atoms with E-state index in [1.165, 1.54) is 6.92 Å². The lowest BCUT2D eigenvalue weighted by Gasteiger charge is -2.25. The smallest absolute Gasteiger partial charge is 0.313 e. The van der Waals surface area contributed by atoms with Gasteiger partial charge in [0, 0.05) is 51.0 Å². The van der Waals surface area contributed by atoms with Gasteiger partial charge < -0.3 is 14.5 Å². The number of nitrogens with zero attached hydrogens (tertiary/aromatic N) is 3. The standard InChI is InChI=1S/C18H21N3O4/c1-11-15-5-13(3-4-16(15)25-19-11)6-20-7-14-8-21(12(2)22)10-18(14,9-20)17(23)24/h3-5,14H,6-10H2,1-2H3,(H,23,24)/t14-,18-/m1/s1. The minimum atomic E-state index is -0.844. The Labute approximate surface area is 145 Å². The summed E-state index contributed by atoms with van der Waals surface area (Å²) in [5.41, 5.74) is 1.89. The van der Waals surface area contributed by atoms with Crippen LogP contribution in [0.2, 0.25) is 0 Å². The van der Waals surface area contributed by atoms with Crippen molar-refractivity contribution in [2.45, 2.75) is 20.4 Å². The quantitative estimate of drug-likeness (QED) is 0.909. The molecular weight excluding hydrogens is 322 g/mol. The second kappa shape index (κ2) is 5.56. The zero-order valence-corrected chi connectivity index (χ0v) is 14.4. The number of hydrogen-bond acceptors (Lipinski definition) is 5. The van der Waals surface area contributed by atoms with Crippen molar-refractivity contribution < 1.29 is 19.2 Å². The second-order valence-electron chi connectivity index (χ2n) is 7.33. The predicted octanol–water partition coefficient (Wildman–Crippen LogP) is 1.50. The van der Waals surface area contributed by atoms with E-state index in [1.807, 2.05) is 19.1 Å². The Morgan fingerprint density at radius 2 is 2.16 bits per heavy atom. The third-order valence-electron chi connectivity index (χ3n) is 5.67. The van der Waals surface area contributed by atoms with Crippen LogP contribution in [0, 0.1) is 18.3 Å². The molecule has 3 heterocycles. The number of amides is 1. The lowest BCUT2D eigenvalue weighted by atomic mass is 9.81. The van der Waals surface area contributed by atoms with Gasteiger partial charge in [0.05, 0.1) is 5.69 Å². The largest absolute Gasteiger partial charge is 0.481 e. The number of likely N-dealkylation sites (tertiary alicyclic amines) is 2. The van der Waals surface area contributed by atoms with Crippen LogP contribution in [0.4, 0.5) is 0 Å². The third kappa shape index (κ3) is 2.50. The van der Waals surface area contributed by atoms with Crippen LogP contribution in [0.25, 0.3) is 11.0 Å². The van der Waals surface area contributed by atoms with Gasteiger partial charge in [0.25, 0.3) is 0 Å². The van der Waals surface area contributed by atoms with Crippen LogP contribution in [0.3, 0.4) is 0 Å². The van der Waals surface area contributed by atoms with Crippen molar-refractivity contribution in [3.63, 3.8) is 0 Å². The summed E-state index contributed by atoms with van der Waals surface area (Å²) in [5, 5.41) is 14.8. The number of carbonyl (C=O) groups excluding carboxylic acids is 1. The zero-order valence-electron chi connectivity index (χ0n) is 14.4. The van der Waals surface area contributed by atoms with Crippen LogP contribution in [0.15, 0.2) is 22.7 Å². The maximum absolute atomic E-state index is 12.0. The number of fused-ring (bicyclic) bond motifs is 2. The minimum Gasteiger partial charge on any atom is -0.481 e. The first-order chi connectivity index (χ1) is 11.9. The highest BCUT2D eigenvalue weighted by molar-refractivity contribution is 5.81. The normalized spacial score (nSPS) is 26.3.